The smallest absolute Gasteiger partial charge is 0.407 e. The van der Waals surface area contributed by atoms with Crippen molar-refractivity contribution < 1.29 is 14.3 Å². The summed E-state index contributed by atoms with van der Waals surface area (Å²) in [5.74, 6) is 0.918. The molecule has 1 aliphatic rings. The van der Waals surface area contributed by atoms with Crippen LogP contribution in [0.15, 0.2) is 42.6 Å². The first-order valence-corrected chi connectivity index (χ1v) is 7.99. The number of rotatable bonds is 5. The Hall–Kier alpha value is -2.87. The Morgan fingerprint density at radius 2 is 2.12 bits per heavy atom. The van der Waals surface area contributed by atoms with Crippen LogP contribution in [0.2, 0.25) is 0 Å². The molecular weight excluding hydrogens is 322 g/mol. The number of hydrogen-bond donors (Lipinski definition) is 2. The number of nitrogens with one attached hydrogen (secondary N) is 1. The largest absolute Gasteiger partial charge is 0.445 e. The van der Waals surface area contributed by atoms with E-state index in [1.807, 2.05) is 35.2 Å². The van der Waals surface area contributed by atoms with Gasteiger partial charge >= 0.3 is 6.09 Å². The number of benzene rings is 1. The van der Waals surface area contributed by atoms with E-state index < -0.39 is 6.09 Å². The molecule has 3 N–H and O–H groups in total. The summed E-state index contributed by atoms with van der Waals surface area (Å²) < 4.78 is 10.8. The van der Waals surface area contributed by atoms with Gasteiger partial charge in [-0.15, -0.1) is 0 Å². The summed E-state index contributed by atoms with van der Waals surface area (Å²) in [6.07, 6.45) is 0.967. The minimum absolute atomic E-state index is 0.166. The van der Waals surface area contributed by atoms with E-state index in [1.165, 1.54) is 0 Å². The molecule has 1 aromatic carbocycles. The van der Waals surface area contributed by atoms with Crippen LogP contribution in [0.1, 0.15) is 5.56 Å². The summed E-state index contributed by atoms with van der Waals surface area (Å²) in [6, 6.07) is 11.1. The van der Waals surface area contributed by atoms with Gasteiger partial charge in [0.15, 0.2) is 0 Å². The topological polar surface area (TPSA) is 103 Å². The molecular formula is C17H21N5O3. The average Bonchev–Trinajstić information content (AvgIpc) is 3.04. The minimum Gasteiger partial charge on any atom is -0.445 e. The zero-order valence-electron chi connectivity index (χ0n) is 14.0. The number of nitrogens with zero attached hydrogens (tertiary/aromatic N) is 3. The van der Waals surface area contributed by atoms with E-state index in [0.717, 1.165) is 5.56 Å². The van der Waals surface area contributed by atoms with Gasteiger partial charge in [0, 0.05) is 26.4 Å². The second-order valence-corrected chi connectivity index (χ2v) is 5.76. The predicted octanol–water partition coefficient (Wildman–Crippen LogP) is 1.19. The van der Waals surface area contributed by atoms with Gasteiger partial charge < -0.3 is 25.4 Å². The zero-order valence-corrected chi connectivity index (χ0v) is 14.0. The molecule has 1 saturated heterocycles. The SMILES string of the molecule is CO[C@@H]1CN(c2ccnc(N)n2)C[C@H]1NC(=O)OCc1ccccc1. The van der Waals surface area contributed by atoms with Crippen molar-refractivity contribution >= 4 is 17.9 Å². The van der Waals surface area contributed by atoms with Gasteiger partial charge in [0.2, 0.25) is 5.95 Å². The number of methoxy groups -OCH3 is 1. The highest BCUT2D eigenvalue weighted by Crippen LogP contribution is 2.20. The second-order valence-electron chi connectivity index (χ2n) is 5.76. The van der Waals surface area contributed by atoms with Crippen LogP contribution < -0.4 is 16.0 Å². The number of alkyl carbamates (subject to hydrolysis) is 1. The van der Waals surface area contributed by atoms with Gasteiger partial charge in [-0.2, -0.15) is 4.98 Å². The summed E-state index contributed by atoms with van der Waals surface area (Å²) in [6.45, 7) is 1.37. The first-order chi connectivity index (χ1) is 12.2. The molecule has 2 aromatic rings. The lowest BCUT2D eigenvalue weighted by Crippen LogP contribution is -2.43. The van der Waals surface area contributed by atoms with Crippen molar-refractivity contribution in [2.45, 2.75) is 18.8 Å². The number of carbonyl (C=O) groups is 1. The molecule has 8 heteroatoms. The minimum atomic E-state index is -0.472. The van der Waals surface area contributed by atoms with Gasteiger partial charge in [-0.3, -0.25) is 0 Å². The molecule has 0 saturated carbocycles. The van der Waals surface area contributed by atoms with Crippen molar-refractivity contribution in [1.82, 2.24) is 15.3 Å². The van der Waals surface area contributed by atoms with Crippen LogP contribution in [0.5, 0.6) is 0 Å². The van der Waals surface area contributed by atoms with Gasteiger partial charge in [0.25, 0.3) is 0 Å². The highest BCUT2D eigenvalue weighted by molar-refractivity contribution is 5.68. The predicted molar refractivity (Wildman–Crippen MR) is 93.0 cm³/mol. The fraction of sp³-hybridized carbons (Fsp3) is 0.353. The molecule has 132 valence electrons. The van der Waals surface area contributed by atoms with Gasteiger partial charge in [0.05, 0.1) is 12.1 Å². The van der Waals surface area contributed by atoms with Crippen LogP contribution in [0.4, 0.5) is 16.6 Å². The van der Waals surface area contributed by atoms with Gasteiger partial charge in [-0.25, -0.2) is 9.78 Å². The molecule has 0 aliphatic carbocycles. The van der Waals surface area contributed by atoms with Crippen molar-refractivity contribution in [1.29, 1.82) is 0 Å². The fourth-order valence-electron chi connectivity index (χ4n) is 2.79. The molecule has 8 nitrogen and oxygen atoms in total. The van der Waals surface area contributed by atoms with Crippen LogP contribution in [0.3, 0.4) is 0 Å². The molecule has 2 atom stereocenters. The highest BCUT2D eigenvalue weighted by Gasteiger charge is 2.35. The highest BCUT2D eigenvalue weighted by atomic mass is 16.5. The lowest BCUT2D eigenvalue weighted by atomic mass is 10.2. The maximum atomic E-state index is 12.1. The van der Waals surface area contributed by atoms with Gasteiger partial charge in [0.1, 0.15) is 12.4 Å². The van der Waals surface area contributed by atoms with E-state index in [1.54, 1.807) is 19.4 Å². The molecule has 3 rings (SSSR count). The molecule has 25 heavy (non-hydrogen) atoms. The average molecular weight is 343 g/mol. The fourth-order valence-corrected chi connectivity index (χ4v) is 2.79. The van der Waals surface area contributed by atoms with Crippen LogP contribution in [-0.2, 0) is 16.1 Å². The third kappa shape index (κ3) is 4.36. The van der Waals surface area contributed by atoms with Gasteiger partial charge in [-0.1, -0.05) is 30.3 Å². The van der Waals surface area contributed by atoms with Gasteiger partial charge in [-0.05, 0) is 11.6 Å². The van der Waals surface area contributed by atoms with Crippen LogP contribution >= 0.6 is 0 Å². The Bertz CT molecular complexity index is 712. The second kappa shape index (κ2) is 7.80. The van der Waals surface area contributed by atoms with Crippen LogP contribution in [0.25, 0.3) is 0 Å². The van der Waals surface area contributed by atoms with Crippen molar-refractivity contribution in [3.8, 4) is 0 Å². The monoisotopic (exact) mass is 343 g/mol. The summed E-state index contributed by atoms with van der Waals surface area (Å²) in [5.41, 5.74) is 6.57. The summed E-state index contributed by atoms with van der Waals surface area (Å²) >= 11 is 0. The Labute approximate surface area is 146 Å². The first kappa shape index (κ1) is 17.0. The lowest BCUT2D eigenvalue weighted by molar-refractivity contribution is 0.0867. The quantitative estimate of drug-likeness (QED) is 0.840. The maximum absolute atomic E-state index is 12.1. The van der Waals surface area contributed by atoms with E-state index in [-0.39, 0.29) is 24.7 Å². The summed E-state index contributed by atoms with van der Waals surface area (Å²) in [4.78, 5) is 22.2. The van der Waals surface area contributed by atoms with Crippen molar-refractivity contribution in [3.63, 3.8) is 0 Å². The Balaban J connectivity index is 1.56. The summed E-state index contributed by atoms with van der Waals surface area (Å²) in [5, 5.41) is 2.86. The first-order valence-electron chi connectivity index (χ1n) is 7.99. The molecule has 2 heterocycles. The van der Waals surface area contributed by atoms with Crippen molar-refractivity contribution in [2.75, 3.05) is 30.8 Å². The van der Waals surface area contributed by atoms with E-state index in [9.17, 15) is 4.79 Å². The molecule has 1 aliphatic heterocycles. The number of carbonyl (C=O) groups excluding carboxylic acids is 1. The van der Waals surface area contributed by atoms with E-state index in [4.69, 9.17) is 15.2 Å². The number of anilines is 2. The third-order valence-corrected chi connectivity index (χ3v) is 4.07. The maximum Gasteiger partial charge on any atom is 0.407 e. The van der Waals surface area contributed by atoms with Crippen LogP contribution in [-0.4, -0.2) is 48.4 Å². The molecule has 1 aromatic heterocycles. The van der Waals surface area contributed by atoms with E-state index in [2.05, 4.69) is 15.3 Å². The van der Waals surface area contributed by atoms with Crippen molar-refractivity contribution in [2.24, 2.45) is 0 Å². The molecule has 1 fully saturated rings. The standard InChI is InChI=1S/C17H21N5O3/c1-24-14-10-22(15-7-8-19-16(18)21-15)9-13(14)20-17(23)25-11-12-5-3-2-4-6-12/h2-8,13-14H,9-11H2,1H3,(H,20,23)(H2,18,19,21)/t13-,14-/m1/s1. The summed E-state index contributed by atoms with van der Waals surface area (Å²) in [7, 11) is 1.62. The zero-order chi connectivity index (χ0) is 17.6. The van der Waals surface area contributed by atoms with E-state index in [0.29, 0.717) is 18.9 Å². The van der Waals surface area contributed by atoms with E-state index >= 15 is 0 Å². The van der Waals surface area contributed by atoms with Crippen molar-refractivity contribution in [3.05, 3.63) is 48.2 Å². The number of nitrogens with two attached hydrogens (primary N) is 1. The Kier molecular flexibility index (Phi) is 5.30. The Morgan fingerprint density at radius 1 is 1.32 bits per heavy atom. The lowest BCUT2D eigenvalue weighted by Gasteiger charge is -2.18. The number of ether oxygens (including phenoxy) is 2. The molecule has 0 bridgehead atoms. The number of aromatic nitrogens is 2. The Morgan fingerprint density at radius 3 is 2.84 bits per heavy atom. The molecule has 1 amide bonds. The molecule has 0 radical (unpaired) electrons. The number of nitrogen functional groups attached to an aromatic ring is 1. The number of hydrogen-bond acceptors (Lipinski definition) is 7. The number of amides is 1. The third-order valence-electron chi connectivity index (χ3n) is 4.07. The van der Waals surface area contributed by atoms with Crippen LogP contribution in [0, 0.1) is 0 Å². The molecule has 0 spiro atoms. The molecule has 0 unspecified atom stereocenters. The normalized spacial score (nSPS) is 19.6.